The topological polar surface area (TPSA) is 9.23 Å². The summed E-state index contributed by atoms with van der Waals surface area (Å²) in [6, 6.07) is 8.12. The molecule has 0 radical (unpaired) electrons. The molecule has 0 N–H and O–H groups in total. The van der Waals surface area contributed by atoms with Crippen molar-refractivity contribution < 1.29 is 4.74 Å². The third kappa shape index (κ3) is 2.75. The van der Waals surface area contributed by atoms with E-state index in [2.05, 4.69) is 38.6 Å². The molecule has 0 aliphatic carbocycles. The number of methoxy groups -OCH3 is 1. The minimum Gasteiger partial charge on any atom is -0.376 e. The summed E-state index contributed by atoms with van der Waals surface area (Å²) in [5, 5.41) is 0. The van der Waals surface area contributed by atoms with Gasteiger partial charge in [-0.2, -0.15) is 0 Å². The zero-order chi connectivity index (χ0) is 9.84. The molecule has 1 atom stereocenters. The predicted octanol–water partition coefficient (Wildman–Crippen LogP) is 3.32. The molecule has 0 aromatic heterocycles. The fourth-order valence-corrected chi connectivity index (χ4v) is 1.61. The Morgan fingerprint density at radius 1 is 1.15 bits per heavy atom. The van der Waals surface area contributed by atoms with Gasteiger partial charge in [-0.3, -0.25) is 0 Å². The van der Waals surface area contributed by atoms with Crippen molar-refractivity contribution >= 4 is 12.6 Å². The normalized spacial score (nSPS) is 13.3. The molecule has 0 fully saturated rings. The Morgan fingerprint density at radius 3 is 2.08 bits per heavy atom. The Kier molecular flexibility index (Phi) is 3.82. The molecule has 0 saturated carbocycles. The molecule has 0 aliphatic rings. The summed E-state index contributed by atoms with van der Waals surface area (Å²) in [5.74, 6) is 0.496. The smallest absolute Gasteiger partial charge is 0.0844 e. The lowest BCUT2D eigenvalue weighted by atomic mass is 9.99. The summed E-state index contributed by atoms with van der Waals surface area (Å²) in [6.45, 7) is 4.31. The van der Waals surface area contributed by atoms with E-state index in [0.29, 0.717) is 5.92 Å². The second-order valence-electron chi connectivity index (χ2n) is 3.49. The van der Waals surface area contributed by atoms with Crippen LogP contribution in [0.3, 0.4) is 0 Å². The molecular formula is C11H16OS. The average molecular weight is 196 g/mol. The van der Waals surface area contributed by atoms with Crippen molar-refractivity contribution in [2.75, 3.05) is 7.11 Å². The number of rotatable bonds is 3. The highest BCUT2D eigenvalue weighted by Gasteiger charge is 2.13. The van der Waals surface area contributed by atoms with Gasteiger partial charge in [0.25, 0.3) is 0 Å². The maximum absolute atomic E-state index is 5.41. The molecule has 2 heteroatoms. The summed E-state index contributed by atoms with van der Waals surface area (Å²) < 4.78 is 5.41. The van der Waals surface area contributed by atoms with Gasteiger partial charge in [0.1, 0.15) is 0 Å². The van der Waals surface area contributed by atoms with Crippen LogP contribution in [0, 0.1) is 5.92 Å². The first kappa shape index (κ1) is 10.6. The summed E-state index contributed by atoms with van der Waals surface area (Å²) in [5.41, 5.74) is 1.22. The van der Waals surface area contributed by atoms with Crippen molar-refractivity contribution in [3.05, 3.63) is 29.8 Å². The van der Waals surface area contributed by atoms with E-state index in [4.69, 9.17) is 4.74 Å². The largest absolute Gasteiger partial charge is 0.376 e. The zero-order valence-electron chi connectivity index (χ0n) is 8.32. The van der Waals surface area contributed by atoms with Crippen molar-refractivity contribution in [1.29, 1.82) is 0 Å². The molecule has 0 heterocycles. The molecule has 0 amide bonds. The molecular weight excluding hydrogens is 180 g/mol. The number of benzene rings is 1. The molecule has 13 heavy (non-hydrogen) atoms. The van der Waals surface area contributed by atoms with E-state index in [9.17, 15) is 0 Å². The monoisotopic (exact) mass is 196 g/mol. The van der Waals surface area contributed by atoms with Crippen LogP contribution in [0.4, 0.5) is 0 Å². The van der Waals surface area contributed by atoms with Crippen LogP contribution in [0.2, 0.25) is 0 Å². The third-order valence-corrected chi connectivity index (χ3v) is 2.38. The summed E-state index contributed by atoms with van der Waals surface area (Å²) >= 11 is 4.24. The quantitative estimate of drug-likeness (QED) is 0.730. The lowest BCUT2D eigenvalue weighted by molar-refractivity contribution is 0.0646. The van der Waals surface area contributed by atoms with Crippen LogP contribution in [0.5, 0.6) is 0 Å². The standard InChI is InChI=1S/C11H16OS/c1-8(2)11(12-3)9-4-6-10(13)7-5-9/h4-8,11,13H,1-3H3/t11-/m0/s1. The number of hydrogen-bond acceptors (Lipinski definition) is 2. The fraction of sp³-hybridized carbons (Fsp3) is 0.455. The Bertz CT molecular complexity index is 253. The van der Waals surface area contributed by atoms with Gasteiger partial charge in [0.05, 0.1) is 6.10 Å². The second-order valence-corrected chi connectivity index (χ2v) is 4.01. The highest BCUT2D eigenvalue weighted by molar-refractivity contribution is 7.80. The number of ether oxygens (including phenoxy) is 1. The minimum absolute atomic E-state index is 0.189. The van der Waals surface area contributed by atoms with Gasteiger partial charge in [0.2, 0.25) is 0 Å². The van der Waals surface area contributed by atoms with E-state index >= 15 is 0 Å². The van der Waals surface area contributed by atoms with E-state index in [1.54, 1.807) is 7.11 Å². The first-order valence-electron chi connectivity index (χ1n) is 4.47. The van der Waals surface area contributed by atoms with Crippen LogP contribution in [0.15, 0.2) is 29.2 Å². The lowest BCUT2D eigenvalue weighted by Crippen LogP contribution is -2.08. The van der Waals surface area contributed by atoms with Gasteiger partial charge in [0.15, 0.2) is 0 Å². The second kappa shape index (κ2) is 4.68. The first-order valence-corrected chi connectivity index (χ1v) is 4.91. The summed E-state index contributed by atoms with van der Waals surface area (Å²) in [4.78, 5) is 0.988. The summed E-state index contributed by atoms with van der Waals surface area (Å²) in [7, 11) is 1.75. The lowest BCUT2D eigenvalue weighted by Gasteiger charge is -2.19. The molecule has 0 bridgehead atoms. The van der Waals surface area contributed by atoms with Gasteiger partial charge < -0.3 is 4.74 Å². The highest BCUT2D eigenvalue weighted by Crippen LogP contribution is 2.25. The average Bonchev–Trinajstić information content (AvgIpc) is 2.09. The first-order chi connectivity index (χ1) is 6.15. The van der Waals surface area contributed by atoms with Crippen LogP contribution in [-0.4, -0.2) is 7.11 Å². The Balaban J connectivity index is 2.86. The van der Waals surface area contributed by atoms with Crippen LogP contribution in [0.25, 0.3) is 0 Å². The number of thiol groups is 1. The van der Waals surface area contributed by atoms with E-state index in [-0.39, 0.29) is 6.10 Å². The van der Waals surface area contributed by atoms with E-state index in [0.717, 1.165) is 4.90 Å². The van der Waals surface area contributed by atoms with Crippen LogP contribution < -0.4 is 0 Å². The van der Waals surface area contributed by atoms with Crippen molar-refractivity contribution in [2.24, 2.45) is 5.92 Å². The van der Waals surface area contributed by atoms with Crippen molar-refractivity contribution in [3.8, 4) is 0 Å². The molecule has 1 rings (SSSR count). The molecule has 1 aromatic rings. The molecule has 0 saturated heterocycles. The van der Waals surface area contributed by atoms with Crippen molar-refractivity contribution in [3.63, 3.8) is 0 Å². The maximum atomic E-state index is 5.41. The Hall–Kier alpha value is -0.470. The number of hydrogen-bond donors (Lipinski definition) is 1. The molecule has 0 spiro atoms. The maximum Gasteiger partial charge on any atom is 0.0844 e. The van der Waals surface area contributed by atoms with Crippen LogP contribution in [0.1, 0.15) is 25.5 Å². The minimum atomic E-state index is 0.189. The highest BCUT2D eigenvalue weighted by atomic mass is 32.1. The molecule has 1 nitrogen and oxygen atoms in total. The molecule has 1 aromatic carbocycles. The van der Waals surface area contributed by atoms with Crippen LogP contribution >= 0.6 is 12.6 Å². The Morgan fingerprint density at radius 2 is 1.69 bits per heavy atom. The van der Waals surface area contributed by atoms with Gasteiger partial charge >= 0.3 is 0 Å². The van der Waals surface area contributed by atoms with Gasteiger partial charge in [-0.1, -0.05) is 26.0 Å². The third-order valence-electron chi connectivity index (χ3n) is 2.08. The van der Waals surface area contributed by atoms with Crippen molar-refractivity contribution in [2.45, 2.75) is 24.8 Å². The molecule has 0 aliphatic heterocycles. The van der Waals surface area contributed by atoms with Gasteiger partial charge in [0, 0.05) is 12.0 Å². The SMILES string of the molecule is CO[C@H](c1ccc(S)cc1)C(C)C. The predicted molar refractivity (Wildman–Crippen MR) is 58.3 cm³/mol. The Labute approximate surface area is 85.5 Å². The molecule has 0 unspecified atom stereocenters. The summed E-state index contributed by atoms with van der Waals surface area (Å²) in [6.07, 6.45) is 0.189. The van der Waals surface area contributed by atoms with E-state index in [1.807, 2.05) is 12.1 Å². The fourth-order valence-electron chi connectivity index (χ4n) is 1.46. The zero-order valence-corrected chi connectivity index (χ0v) is 9.21. The van der Waals surface area contributed by atoms with Gasteiger partial charge in [-0.05, 0) is 23.6 Å². The van der Waals surface area contributed by atoms with E-state index in [1.165, 1.54) is 5.56 Å². The van der Waals surface area contributed by atoms with Gasteiger partial charge in [-0.15, -0.1) is 12.6 Å². The van der Waals surface area contributed by atoms with Crippen LogP contribution in [-0.2, 0) is 4.74 Å². The van der Waals surface area contributed by atoms with Crippen molar-refractivity contribution in [1.82, 2.24) is 0 Å². The van der Waals surface area contributed by atoms with Gasteiger partial charge in [-0.25, -0.2) is 0 Å². The van der Waals surface area contributed by atoms with E-state index < -0.39 is 0 Å². The molecule has 72 valence electrons.